The first-order valence-electron chi connectivity index (χ1n) is 5.67. The Balaban J connectivity index is 0.000000220. The topological polar surface area (TPSA) is 0 Å². The Labute approximate surface area is 120 Å². The summed E-state index contributed by atoms with van der Waals surface area (Å²) in [4.78, 5) is 0. The van der Waals surface area contributed by atoms with Gasteiger partial charge in [-0.25, -0.2) is 8.78 Å². The highest BCUT2D eigenvalue weighted by Crippen LogP contribution is 2.31. The summed E-state index contributed by atoms with van der Waals surface area (Å²) in [6.45, 7) is 0. The summed E-state index contributed by atoms with van der Waals surface area (Å²) in [6, 6.07) is 7.68. The van der Waals surface area contributed by atoms with Crippen LogP contribution in [0.1, 0.15) is 11.1 Å². The van der Waals surface area contributed by atoms with Gasteiger partial charge in [-0.3, -0.25) is 0 Å². The number of rotatable bonds is 0. The van der Waals surface area contributed by atoms with Crippen molar-refractivity contribution in [1.82, 2.24) is 0 Å². The van der Waals surface area contributed by atoms with Gasteiger partial charge in [0.2, 0.25) is 0 Å². The van der Waals surface area contributed by atoms with Gasteiger partial charge in [-0.1, -0.05) is 24.3 Å². The van der Waals surface area contributed by atoms with Crippen LogP contribution >= 0.6 is 0 Å². The second-order valence-electron chi connectivity index (χ2n) is 3.96. The van der Waals surface area contributed by atoms with Crippen molar-refractivity contribution < 1.29 is 35.1 Å². The summed E-state index contributed by atoms with van der Waals surface area (Å²) in [5.41, 5.74) is -2.44. The summed E-state index contributed by atoms with van der Waals surface area (Å²) in [6.07, 6.45) is -9.18. The van der Waals surface area contributed by atoms with E-state index in [-0.39, 0.29) is 0 Å². The first-order chi connectivity index (χ1) is 10.0. The minimum Gasteiger partial charge on any atom is -0.206 e. The molecule has 0 aliphatic rings. The summed E-state index contributed by atoms with van der Waals surface area (Å²) >= 11 is 0. The summed E-state index contributed by atoms with van der Waals surface area (Å²) in [7, 11) is 0. The SMILES string of the molecule is Fc1ccccc1C(F)(F)F.Fc1ccccc1C(F)(F)F. The molecule has 8 heteroatoms. The van der Waals surface area contributed by atoms with Gasteiger partial charge in [0.1, 0.15) is 11.6 Å². The number of benzene rings is 2. The zero-order valence-electron chi connectivity index (χ0n) is 10.6. The molecule has 0 radical (unpaired) electrons. The molecule has 0 heterocycles. The first-order valence-corrected chi connectivity index (χ1v) is 5.67. The molecule has 0 bridgehead atoms. The Morgan fingerprint density at radius 3 is 0.955 bits per heavy atom. The monoisotopic (exact) mass is 328 g/mol. The van der Waals surface area contributed by atoms with Crippen LogP contribution in [-0.4, -0.2) is 0 Å². The zero-order chi connectivity index (χ0) is 17.0. The molecule has 0 saturated heterocycles. The van der Waals surface area contributed by atoms with Crippen LogP contribution in [0.2, 0.25) is 0 Å². The van der Waals surface area contributed by atoms with E-state index in [4.69, 9.17) is 0 Å². The minimum atomic E-state index is -4.59. The first kappa shape index (κ1) is 17.9. The van der Waals surface area contributed by atoms with Gasteiger partial charge in [-0.2, -0.15) is 26.3 Å². The maximum Gasteiger partial charge on any atom is 0.419 e. The lowest BCUT2D eigenvalue weighted by atomic mass is 10.2. The second kappa shape index (κ2) is 6.76. The highest BCUT2D eigenvalue weighted by molar-refractivity contribution is 5.20. The predicted octanol–water partition coefficient (Wildman–Crippen LogP) is 5.69. The second-order valence-corrected chi connectivity index (χ2v) is 3.96. The summed E-state index contributed by atoms with van der Waals surface area (Å²) in [5.74, 6) is -2.47. The molecule has 0 aromatic heterocycles. The molecule has 0 unspecified atom stereocenters. The lowest BCUT2D eigenvalue weighted by molar-refractivity contribution is -0.140. The van der Waals surface area contributed by atoms with E-state index >= 15 is 0 Å². The normalized spacial score (nSPS) is 11.6. The maximum atomic E-state index is 12.4. The third-order valence-corrected chi connectivity index (χ3v) is 2.36. The van der Waals surface area contributed by atoms with Crippen LogP contribution in [0, 0.1) is 11.6 Å². The van der Waals surface area contributed by atoms with Gasteiger partial charge in [0.15, 0.2) is 0 Å². The number of hydrogen-bond donors (Lipinski definition) is 0. The summed E-state index contributed by atoms with van der Waals surface area (Å²) < 4.78 is 95.6. The van der Waals surface area contributed by atoms with Crippen LogP contribution in [0.25, 0.3) is 0 Å². The van der Waals surface area contributed by atoms with Crippen LogP contribution in [0.15, 0.2) is 48.5 Å². The van der Waals surface area contributed by atoms with E-state index in [1.165, 1.54) is 12.1 Å². The van der Waals surface area contributed by atoms with Crippen LogP contribution in [0.4, 0.5) is 35.1 Å². The molecule has 2 aromatic carbocycles. The van der Waals surface area contributed by atoms with Crippen LogP contribution in [-0.2, 0) is 12.4 Å². The highest BCUT2D eigenvalue weighted by atomic mass is 19.4. The van der Waals surface area contributed by atoms with Crippen molar-refractivity contribution in [1.29, 1.82) is 0 Å². The molecule has 2 rings (SSSR count). The van der Waals surface area contributed by atoms with E-state index in [1.54, 1.807) is 0 Å². The average molecular weight is 328 g/mol. The molecule has 2 aromatic rings. The van der Waals surface area contributed by atoms with Crippen molar-refractivity contribution in [3.63, 3.8) is 0 Å². The molecule has 0 amide bonds. The van der Waals surface area contributed by atoms with Crippen molar-refractivity contribution in [2.75, 3.05) is 0 Å². The Kier molecular flexibility index (Phi) is 5.51. The van der Waals surface area contributed by atoms with Crippen molar-refractivity contribution in [2.45, 2.75) is 12.4 Å². The molecule has 0 aliphatic carbocycles. The van der Waals surface area contributed by atoms with Gasteiger partial charge < -0.3 is 0 Å². The maximum absolute atomic E-state index is 12.4. The Hall–Kier alpha value is -2.12. The van der Waals surface area contributed by atoms with Crippen LogP contribution < -0.4 is 0 Å². The van der Waals surface area contributed by atoms with Crippen molar-refractivity contribution in [3.8, 4) is 0 Å². The van der Waals surface area contributed by atoms with Crippen molar-refractivity contribution in [2.24, 2.45) is 0 Å². The molecule has 0 N–H and O–H groups in total. The van der Waals surface area contributed by atoms with E-state index in [0.29, 0.717) is 12.1 Å². The zero-order valence-corrected chi connectivity index (χ0v) is 10.6. The largest absolute Gasteiger partial charge is 0.419 e. The molecule has 22 heavy (non-hydrogen) atoms. The van der Waals surface area contributed by atoms with E-state index in [1.807, 2.05) is 0 Å². The molecule has 0 spiro atoms. The molecule has 0 nitrogen and oxygen atoms in total. The molecule has 0 saturated carbocycles. The number of hydrogen-bond acceptors (Lipinski definition) is 0. The number of alkyl halides is 6. The van der Waals surface area contributed by atoms with Crippen molar-refractivity contribution >= 4 is 0 Å². The molecule has 0 atom stereocenters. The minimum absolute atomic E-state index is 0.704. The molecule has 120 valence electrons. The van der Waals surface area contributed by atoms with Crippen LogP contribution in [0.3, 0.4) is 0 Å². The smallest absolute Gasteiger partial charge is 0.206 e. The fourth-order valence-electron chi connectivity index (χ4n) is 1.38. The van der Waals surface area contributed by atoms with Gasteiger partial charge in [0.05, 0.1) is 11.1 Å². The van der Waals surface area contributed by atoms with Gasteiger partial charge >= 0.3 is 12.4 Å². The van der Waals surface area contributed by atoms with E-state index in [9.17, 15) is 35.1 Å². The van der Waals surface area contributed by atoms with E-state index < -0.39 is 35.1 Å². The molecular weight excluding hydrogens is 320 g/mol. The predicted molar refractivity (Wildman–Crippen MR) is 62.8 cm³/mol. The Bertz CT molecular complexity index is 557. The average Bonchev–Trinajstić information content (AvgIpc) is 2.37. The van der Waals surface area contributed by atoms with E-state index in [2.05, 4.69) is 0 Å². The lowest BCUT2D eigenvalue weighted by Gasteiger charge is -2.05. The Morgan fingerprint density at radius 2 is 0.773 bits per heavy atom. The van der Waals surface area contributed by atoms with E-state index in [0.717, 1.165) is 24.3 Å². The van der Waals surface area contributed by atoms with Gasteiger partial charge in [-0.05, 0) is 24.3 Å². The van der Waals surface area contributed by atoms with Crippen molar-refractivity contribution in [3.05, 3.63) is 71.3 Å². The van der Waals surface area contributed by atoms with Gasteiger partial charge in [0, 0.05) is 0 Å². The van der Waals surface area contributed by atoms with Gasteiger partial charge in [-0.15, -0.1) is 0 Å². The Morgan fingerprint density at radius 1 is 0.500 bits per heavy atom. The third kappa shape index (κ3) is 5.01. The number of halogens is 8. The fraction of sp³-hybridized carbons (Fsp3) is 0.143. The van der Waals surface area contributed by atoms with Gasteiger partial charge in [0.25, 0.3) is 0 Å². The molecule has 0 aliphatic heterocycles. The fourth-order valence-corrected chi connectivity index (χ4v) is 1.38. The molecule has 0 fully saturated rings. The standard InChI is InChI=1S/2C7H4F4/c2*8-6-4-2-1-3-5(6)7(9,10)11/h2*1-4H. The quantitative estimate of drug-likeness (QED) is 0.545. The molecular formula is C14H8F8. The highest BCUT2D eigenvalue weighted by Gasteiger charge is 2.33. The third-order valence-electron chi connectivity index (χ3n) is 2.36. The summed E-state index contributed by atoms with van der Waals surface area (Å²) in [5, 5.41) is 0. The lowest BCUT2D eigenvalue weighted by Crippen LogP contribution is -2.07. The van der Waals surface area contributed by atoms with Crippen LogP contribution in [0.5, 0.6) is 0 Å².